The predicted molar refractivity (Wildman–Crippen MR) is 48.8 cm³/mol. The summed E-state index contributed by atoms with van der Waals surface area (Å²) in [5.74, 6) is -0.557. The summed E-state index contributed by atoms with van der Waals surface area (Å²) in [5.41, 5.74) is 0.363. The third-order valence-corrected chi connectivity index (χ3v) is 1.51. The van der Waals surface area contributed by atoms with E-state index in [2.05, 4.69) is 5.32 Å². The Morgan fingerprint density at radius 1 is 1.43 bits per heavy atom. The fraction of sp³-hybridized carbons (Fsp3) is 0.125. The first-order valence-electron chi connectivity index (χ1n) is 3.78. The average Bonchev–Trinajstić information content (AvgIpc) is 2.18. The molecule has 0 aliphatic heterocycles. The van der Waals surface area contributed by atoms with E-state index < -0.39 is 17.4 Å². The lowest BCUT2D eigenvalue weighted by molar-refractivity contribution is -0.384. The first-order valence-corrected chi connectivity index (χ1v) is 3.78. The summed E-state index contributed by atoms with van der Waals surface area (Å²) in [6.45, 7) is -0.614. The van der Waals surface area contributed by atoms with Gasteiger partial charge < -0.3 is 10.4 Å². The summed E-state index contributed by atoms with van der Waals surface area (Å²) >= 11 is 0. The molecule has 6 heteroatoms. The van der Waals surface area contributed by atoms with Crippen LogP contribution < -0.4 is 5.32 Å². The molecule has 1 aromatic rings. The second-order valence-electron chi connectivity index (χ2n) is 2.51. The van der Waals surface area contributed by atoms with Crippen LogP contribution in [0.5, 0.6) is 0 Å². The van der Waals surface area contributed by atoms with Gasteiger partial charge in [-0.05, 0) is 12.1 Å². The molecule has 0 fully saturated rings. The van der Waals surface area contributed by atoms with Gasteiger partial charge in [0.15, 0.2) is 0 Å². The Morgan fingerprint density at radius 3 is 2.43 bits per heavy atom. The van der Waals surface area contributed by atoms with Crippen molar-refractivity contribution in [2.24, 2.45) is 0 Å². The number of amides is 1. The van der Waals surface area contributed by atoms with E-state index in [0.717, 1.165) is 0 Å². The molecule has 0 aliphatic rings. The third kappa shape index (κ3) is 2.53. The lowest BCUT2D eigenvalue weighted by Gasteiger charge is -2.01. The Hall–Kier alpha value is -1.95. The maximum absolute atomic E-state index is 10.7. The summed E-state index contributed by atoms with van der Waals surface area (Å²) < 4.78 is 0. The highest BCUT2D eigenvalue weighted by atomic mass is 16.6. The van der Waals surface area contributed by atoms with E-state index >= 15 is 0 Å². The fourth-order valence-corrected chi connectivity index (χ4v) is 0.867. The van der Waals surface area contributed by atoms with Crippen LogP contribution >= 0.6 is 0 Å². The summed E-state index contributed by atoms with van der Waals surface area (Å²) in [6, 6.07) is 5.33. The van der Waals surface area contributed by atoms with E-state index in [0.29, 0.717) is 5.69 Å². The van der Waals surface area contributed by atoms with Crippen LogP contribution in [0.3, 0.4) is 0 Å². The van der Waals surface area contributed by atoms with Gasteiger partial charge in [-0.2, -0.15) is 0 Å². The van der Waals surface area contributed by atoms with Crippen molar-refractivity contribution < 1.29 is 14.8 Å². The van der Waals surface area contributed by atoms with Crippen LogP contribution in [0.25, 0.3) is 0 Å². The molecule has 74 valence electrons. The summed E-state index contributed by atoms with van der Waals surface area (Å²) in [7, 11) is 0. The number of hydrogen-bond acceptors (Lipinski definition) is 4. The quantitative estimate of drug-likeness (QED) is 0.544. The maximum Gasteiger partial charge on any atom is 0.269 e. The fourth-order valence-electron chi connectivity index (χ4n) is 0.867. The van der Waals surface area contributed by atoms with Crippen molar-refractivity contribution in [1.29, 1.82) is 0 Å². The molecule has 0 spiro atoms. The molecule has 0 aromatic heterocycles. The number of benzene rings is 1. The molecule has 0 saturated heterocycles. The molecule has 0 unspecified atom stereocenters. The van der Waals surface area contributed by atoms with E-state index in [9.17, 15) is 14.9 Å². The summed E-state index contributed by atoms with van der Waals surface area (Å²) in [4.78, 5) is 20.4. The van der Waals surface area contributed by atoms with Crippen molar-refractivity contribution in [3.63, 3.8) is 0 Å². The molecule has 0 saturated carbocycles. The van der Waals surface area contributed by atoms with E-state index in [1.165, 1.54) is 24.3 Å². The number of nitro benzene ring substituents is 1. The maximum atomic E-state index is 10.7. The molecule has 0 bridgehead atoms. The largest absolute Gasteiger partial charge is 0.387 e. The Balaban J connectivity index is 2.73. The number of aliphatic hydroxyl groups excluding tert-OH is 1. The molecule has 1 rings (SSSR count). The van der Waals surface area contributed by atoms with E-state index in [1.54, 1.807) is 0 Å². The monoisotopic (exact) mass is 196 g/mol. The van der Waals surface area contributed by atoms with Crippen LogP contribution in [-0.4, -0.2) is 22.5 Å². The predicted octanol–water partition coefficient (Wildman–Crippen LogP) is 0.526. The normalized spacial score (nSPS) is 9.50. The minimum atomic E-state index is -0.614. The number of nitro groups is 1. The van der Waals surface area contributed by atoms with Crippen molar-refractivity contribution in [3.8, 4) is 0 Å². The molecule has 0 radical (unpaired) electrons. The first-order chi connectivity index (χ1) is 6.63. The summed E-state index contributed by atoms with van der Waals surface area (Å²) in [5, 5.41) is 21.0. The summed E-state index contributed by atoms with van der Waals surface area (Å²) in [6.07, 6.45) is 0. The molecular formula is C8H8N2O4. The molecule has 0 atom stereocenters. The van der Waals surface area contributed by atoms with Gasteiger partial charge in [0.25, 0.3) is 5.69 Å². The van der Waals surface area contributed by atoms with E-state index in [1.807, 2.05) is 0 Å². The molecule has 6 nitrogen and oxygen atoms in total. The zero-order valence-electron chi connectivity index (χ0n) is 7.14. The lowest BCUT2D eigenvalue weighted by atomic mass is 10.3. The molecule has 14 heavy (non-hydrogen) atoms. The number of nitrogens with one attached hydrogen (secondary N) is 1. The number of nitrogens with zero attached hydrogens (tertiary/aromatic N) is 1. The van der Waals surface area contributed by atoms with Crippen LogP contribution in [0.4, 0.5) is 11.4 Å². The van der Waals surface area contributed by atoms with Gasteiger partial charge >= 0.3 is 0 Å². The van der Waals surface area contributed by atoms with Crippen LogP contribution in [0.1, 0.15) is 0 Å². The van der Waals surface area contributed by atoms with Crippen LogP contribution in [0, 0.1) is 10.1 Å². The Morgan fingerprint density at radius 2 is 2.00 bits per heavy atom. The van der Waals surface area contributed by atoms with Gasteiger partial charge in [-0.15, -0.1) is 0 Å². The SMILES string of the molecule is O=C(CO)Nc1ccc([N+](=O)[O-])cc1. The van der Waals surface area contributed by atoms with Crippen molar-refractivity contribution >= 4 is 17.3 Å². The highest BCUT2D eigenvalue weighted by molar-refractivity contribution is 5.91. The number of hydrogen-bond donors (Lipinski definition) is 2. The molecule has 1 aromatic carbocycles. The third-order valence-electron chi connectivity index (χ3n) is 1.51. The number of rotatable bonds is 3. The standard InChI is InChI=1S/C8H8N2O4/c11-5-8(12)9-6-1-3-7(4-2-6)10(13)14/h1-4,11H,5H2,(H,9,12). The second kappa shape index (κ2) is 4.33. The molecule has 2 N–H and O–H groups in total. The van der Waals surface area contributed by atoms with Gasteiger partial charge in [0.05, 0.1) is 4.92 Å². The Bertz CT molecular complexity index is 347. The van der Waals surface area contributed by atoms with Gasteiger partial charge in [-0.25, -0.2) is 0 Å². The van der Waals surface area contributed by atoms with E-state index in [4.69, 9.17) is 5.11 Å². The van der Waals surface area contributed by atoms with Crippen molar-refractivity contribution in [1.82, 2.24) is 0 Å². The Labute approximate surface area is 79.3 Å². The average molecular weight is 196 g/mol. The number of carbonyl (C=O) groups is 1. The minimum absolute atomic E-state index is 0.0491. The molecular weight excluding hydrogens is 188 g/mol. The van der Waals surface area contributed by atoms with E-state index in [-0.39, 0.29) is 5.69 Å². The van der Waals surface area contributed by atoms with Crippen LogP contribution in [0.15, 0.2) is 24.3 Å². The van der Waals surface area contributed by atoms with Crippen molar-refractivity contribution in [2.45, 2.75) is 0 Å². The number of carbonyl (C=O) groups excluding carboxylic acids is 1. The highest BCUT2D eigenvalue weighted by Gasteiger charge is 2.04. The number of aliphatic hydroxyl groups is 1. The number of anilines is 1. The van der Waals surface area contributed by atoms with Crippen LogP contribution in [-0.2, 0) is 4.79 Å². The topological polar surface area (TPSA) is 92.5 Å². The second-order valence-corrected chi connectivity index (χ2v) is 2.51. The van der Waals surface area contributed by atoms with Gasteiger partial charge in [-0.3, -0.25) is 14.9 Å². The smallest absolute Gasteiger partial charge is 0.269 e. The van der Waals surface area contributed by atoms with Gasteiger partial charge in [0.1, 0.15) is 6.61 Å². The molecule has 0 aliphatic carbocycles. The molecule has 1 amide bonds. The highest BCUT2D eigenvalue weighted by Crippen LogP contribution is 2.14. The number of non-ortho nitro benzene ring substituents is 1. The van der Waals surface area contributed by atoms with Crippen molar-refractivity contribution in [2.75, 3.05) is 11.9 Å². The first kappa shape index (κ1) is 10.1. The van der Waals surface area contributed by atoms with Gasteiger partial charge in [-0.1, -0.05) is 0 Å². The minimum Gasteiger partial charge on any atom is -0.387 e. The van der Waals surface area contributed by atoms with Gasteiger partial charge in [0.2, 0.25) is 5.91 Å². The lowest BCUT2D eigenvalue weighted by Crippen LogP contribution is -2.15. The molecule has 0 heterocycles. The zero-order valence-corrected chi connectivity index (χ0v) is 7.14. The van der Waals surface area contributed by atoms with Crippen LogP contribution in [0.2, 0.25) is 0 Å². The Kier molecular flexibility index (Phi) is 3.14. The van der Waals surface area contributed by atoms with Crippen molar-refractivity contribution in [3.05, 3.63) is 34.4 Å². The zero-order chi connectivity index (χ0) is 10.6. The van der Waals surface area contributed by atoms with Gasteiger partial charge in [0, 0.05) is 17.8 Å².